The fourth-order valence-corrected chi connectivity index (χ4v) is 3.74. The second kappa shape index (κ2) is 23.5. The number of hydrogen-bond acceptors (Lipinski definition) is 1. The number of hydrogen-bond donors (Lipinski definition) is 1. The van der Waals surface area contributed by atoms with Gasteiger partial charge in [-0.05, 0) is 12.8 Å². The predicted molar refractivity (Wildman–Crippen MR) is 115 cm³/mol. The quantitative estimate of drug-likeness (QED) is 0.181. The van der Waals surface area contributed by atoms with Crippen LogP contribution in [0.2, 0.25) is 0 Å². The Labute approximate surface area is 169 Å². The minimum absolute atomic E-state index is 0.109. The lowest BCUT2D eigenvalue weighted by Gasteiger charge is -2.04. The monoisotopic (exact) mass is 383 g/mol. The highest BCUT2D eigenvalue weighted by molar-refractivity contribution is 5.66. The molecule has 0 atom stereocenters. The zero-order chi connectivity index (χ0) is 19.8. The van der Waals surface area contributed by atoms with Gasteiger partial charge in [-0.2, -0.15) is 0 Å². The summed E-state index contributed by atoms with van der Waals surface area (Å²) in [6.07, 6.45) is 27.4. The summed E-state index contributed by atoms with van der Waals surface area (Å²) in [5.74, 6) is -0.658. The number of unbranched alkanes of at least 4 members (excludes halogenated alkanes) is 20. The van der Waals surface area contributed by atoms with Crippen LogP contribution in [0.3, 0.4) is 0 Å². The summed E-state index contributed by atoms with van der Waals surface area (Å²) in [5.41, 5.74) is 0. The Balaban J connectivity index is 2.98. The molecule has 0 bridgehead atoms. The van der Waals surface area contributed by atoms with Gasteiger partial charge in [-0.1, -0.05) is 122 Å². The van der Waals surface area contributed by atoms with Crippen LogP contribution >= 0.6 is 0 Å². The molecule has 0 unspecified atom stereocenters. The van der Waals surface area contributed by atoms with Crippen LogP contribution in [0.5, 0.6) is 0 Å². The molecule has 0 heterocycles. The van der Waals surface area contributed by atoms with Crippen LogP contribution in [0.15, 0.2) is 0 Å². The van der Waals surface area contributed by atoms with E-state index in [4.69, 9.17) is 5.11 Å². The molecule has 0 fully saturated rings. The van der Waals surface area contributed by atoms with Gasteiger partial charge in [0.05, 0.1) is 6.61 Å². The summed E-state index contributed by atoms with van der Waals surface area (Å²) < 4.78 is 0. The smallest absolute Gasteiger partial charge is 0.303 e. The molecule has 0 amide bonds. The molecule has 3 nitrogen and oxygen atoms in total. The van der Waals surface area contributed by atoms with Gasteiger partial charge in [-0.3, -0.25) is 4.79 Å². The molecule has 0 rings (SSSR count). The van der Waals surface area contributed by atoms with Crippen LogP contribution in [0, 0.1) is 0 Å². The fraction of sp³-hybridized carbons (Fsp3) is 0.958. The largest absolute Gasteiger partial charge is 0.481 e. The van der Waals surface area contributed by atoms with Crippen LogP contribution in [0.25, 0.3) is 0 Å². The van der Waals surface area contributed by atoms with Crippen molar-refractivity contribution in [3.8, 4) is 0 Å². The molecule has 0 aromatic carbocycles. The molecule has 1 radical (unpaired) electrons. The summed E-state index contributed by atoms with van der Waals surface area (Å²) in [6.45, 7) is 0.109. The highest BCUT2D eigenvalue weighted by Crippen LogP contribution is 2.15. The highest BCUT2D eigenvalue weighted by atomic mass is 16.4. The lowest BCUT2D eigenvalue weighted by Crippen LogP contribution is -1.93. The first-order valence-electron chi connectivity index (χ1n) is 12.1. The van der Waals surface area contributed by atoms with Crippen LogP contribution in [0.4, 0.5) is 0 Å². The van der Waals surface area contributed by atoms with Gasteiger partial charge in [-0.25, -0.2) is 5.11 Å². The Hall–Kier alpha value is -0.570. The zero-order valence-corrected chi connectivity index (χ0v) is 18.0. The van der Waals surface area contributed by atoms with Gasteiger partial charge in [0.25, 0.3) is 0 Å². The van der Waals surface area contributed by atoms with Gasteiger partial charge in [0.15, 0.2) is 0 Å². The van der Waals surface area contributed by atoms with E-state index in [0.717, 1.165) is 25.7 Å². The lowest BCUT2D eigenvalue weighted by atomic mass is 10.0. The number of aliphatic carboxylic acids is 1. The predicted octanol–water partition coefficient (Wildman–Crippen LogP) is 8.08. The third-order valence-corrected chi connectivity index (χ3v) is 5.53. The third kappa shape index (κ3) is 25.4. The van der Waals surface area contributed by atoms with Crippen LogP contribution in [-0.4, -0.2) is 17.7 Å². The van der Waals surface area contributed by atoms with E-state index < -0.39 is 5.97 Å². The van der Waals surface area contributed by atoms with Gasteiger partial charge in [-0.15, -0.1) is 0 Å². The fourth-order valence-electron chi connectivity index (χ4n) is 3.74. The molecule has 0 aromatic rings. The molecule has 161 valence electrons. The maximum atomic E-state index is 10.4. The van der Waals surface area contributed by atoms with Crippen molar-refractivity contribution in [1.29, 1.82) is 0 Å². The Morgan fingerprint density at radius 2 is 0.630 bits per heavy atom. The van der Waals surface area contributed by atoms with Crippen molar-refractivity contribution in [1.82, 2.24) is 0 Å². The second-order valence-electron chi connectivity index (χ2n) is 8.27. The van der Waals surface area contributed by atoms with Crippen molar-refractivity contribution >= 4 is 5.97 Å². The Morgan fingerprint density at radius 3 is 0.852 bits per heavy atom. The highest BCUT2D eigenvalue weighted by Gasteiger charge is 1.97. The van der Waals surface area contributed by atoms with Gasteiger partial charge in [0.2, 0.25) is 0 Å². The second-order valence-corrected chi connectivity index (χ2v) is 8.27. The van der Waals surface area contributed by atoms with Gasteiger partial charge in [0.1, 0.15) is 0 Å². The first-order valence-corrected chi connectivity index (χ1v) is 12.1. The SMILES string of the molecule is [O]CCCCCCCCCCCCCCCCCCCCCCCC(=O)O. The van der Waals surface area contributed by atoms with Gasteiger partial charge >= 0.3 is 5.97 Å². The molecular weight excluding hydrogens is 336 g/mol. The average molecular weight is 384 g/mol. The normalized spacial score (nSPS) is 11.1. The molecule has 0 aromatic heterocycles. The Bertz CT molecular complexity index is 291. The summed E-state index contributed by atoms with van der Waals surface area (Å²) in [5, 5.41) is 18.9. The zero-order valence-electron chi connectivity index (χ0n) is 18.0. The number of carbonyl (C=O) groups is 1. The van der Waals surface area contributed by atoms with E-state index in [0.29, 0.717) is 6.42 Å². The molecule has 0 saturated carbocycles. The minimum Gasteiger partial charge on any atom is -0.481 e. The summed E-state index contributed by atoms with van der Waals surface area (Å²) in [4.78, 5) is 10.4. The van der Waals surface area contributed by atoms with E-state index in [1.54, 1.807) is 0 Å². The van der Waals surface area contributed by atoms with Crippen LogP contribution in [0.1, 0.15) is 141 Å². The molecule has 1 N–H and O–H groups in total. The topological polar surface area (TPSA) is 57.2 Å². The summed E-state index contributed by atoms with van der Waals surface area (Å²) >= 11 is 0. The Morgan fingerprint density at radius 1 is 0.407 bits per heavy atom. The molecular formula is C24H47O3. The van der Waals surface area contributed by atoms with Gasteiger partial charge in [0, 0.05) is 6.42 Å². The number of carboxylic acids is 1. The average Bonchev–Trinajstić information content (AvgIpc) is 2.65. The van der Waals surface area contributed by atoms with Crippen molar-refractivity contribution in [2.45, 2.75) is 141 Å². The van der Waals surface area contributed by atoms with E-state index in [1.807, 2.05) is 0 Å². The van der Waals surface area contributed by atoms with Crippen LogP contribution < -0.4 is 0 Å². The van der Waals surface area contributed by atoms with Crippen molar-refractivity contribution in [2.24, 2.45) is 0 Å². The number of rotatable bonds is 23. The standard InChI is InChI=1S/C24H47O3/c25-23-21-19-17-15-13-11-9-7-5-3-1-2-4-6-8-10-12-14-16-18-20-22-24(26)27/h1-23H2,(H,26,27). The van der Waals surface area contributed by atoms with E-state index in [-0.39, 0.29) is 6.61 Å². The first-order chi connectivity index (χ1) is 13.3. The van der Waals surface area contributed by atoms with E-state index in [2.05, 4.69) is 0 Å². The molecule has 3 heteroatoms. The minimum atomic E-state index is -0.658. The lowest BCUT2D eigenvalue weighted by molar-refractivity contribution is -0.137. The summed E-state index contributed by atoms with van der Waals surface area (Å²) in [6, 6.07) is 0. The number of carboxylic acid groups (broad SMARTS) is 1. The maximum absolute atomic E-state index is 10.4. The van der Waals surface area contributed by atoms with E-state index in [9.17, 15) is 9.90 Å². The van der Waals surface area contributed by atoms with Crippen molar-refractivity contribution in [2.75, 3.05) is 6.61 Å². The molecule has 0 spiro atoms. The maximum Gasteiger partial charge on any atom is 0.303 e. The van der Waals surface area contributed by atoms with E-state index in [1.165, 1.54) is 109 Å². The third-order valence-electron chi connectivity index (χ3n) is 5.53. The molecule has 0 saturated heterocycles. The van der Waals surface area contributed by atoms with Crippen molar-refractivity contribution < 1.29 is 15.0 Å². The Kier molecular flexibility index (Phi) is 23.0. The van der Waals surface area contributed by atoms with Crippen molar-refractivity contribution in [3.05, 3.63) is 0 Å². The molecule has 27 heavy (non-hydrogen) atoms. The molecule has 0 aliphatic rings. The van der Waals surface area contributed by atoms with Gasteiger partial charge < -0.3 is 5.11 Å². The summed E-state index contributed by atoms with van der Waals surface area (Å²) in [7, 11) is 0. The van der Waals surface area contributed by atoms with Crippen LogP contribution in [-0.2, 0) is 9.90 Å². The first kappa shape index (κ1) is 26.4. The molecule has 0 aliphatic heterocycles. The van der Waals surface area contributed by atoms with Crippen molar-refractivity contribution in [3.63, 3.8) is 0 Å². The molecule has 0 aliphatic carbocycles. The van der Waals surface area contributed by atoms with E-state index >= 15 is 0 Å².